The lowest BCUT2D eigenvalue weighted by molar-refractivity contribution is 0.0994. The minimum absolute atomic E-state index is 0.289. The molecule has 0 aliphatic heterocycles. The summed E-state index contributed by atoms with van der Waals surface area (Å²) in [6.45, 7) is 8.16. The number of aryl methyl sites for hydroxylation is 4. The molecule has 5 heteroatoms. The van der Waals surface area contributed by atoms with Crippen molar-refractivity contribution in [2.24, 2.45) is 5.92 Å². The number of carbonyl (C=O) groups is 1. The quantitative estimate of drug-likeness (QED) is 0.734. The van der Waals surface area contributed by atoms with Gasteiger partial charge in [0.25, 0.3) is 5.91 Å². The first-order valence-electron chi connectivity index (χ1n) is 8.73. The van der Waals surface area contributed by atoms with E-state index in [1.54, 1.807) is 0 Å². The van der Waals surface area contributed by atoms with Crippen molar-refractivity contribution >= 4 is 22.8 Å². The molecule has 1 aliphatic rings. The van der Waals surface area contributed by atoms with Gasteiger partial charge < -0.3 is 8.94 Å². The van der Waals surface area contributed by atoms with Crippen molar-refractivity contribution in [1.29, 1.82) is 0 Å². The maximum atomic E-state index is 12.8. The van der Waals surface area contributed by atoms with Crippen LogP contribution in [0.15, 0.2) is 21.1 Å². The van der Waals surface area contributed by atoms with Gasteiger partial charge in [-0.1, -0.05) is 24.2 Å². The van der Waals surface area contributed by atoms with E-state index in [-0.39, 0.29) is 5.91 Å². The van der Waals surface area contributed by atoms with Crippen LogP contribution in [0.1, 0.15) is 51.8 Å². The second-order valence-corrected chi connectivity index (χ2v) is 7.18. The monoisotopic (exact) mass is 338 g/mol. The van der Waals surface area contributed by atoms with E-state index < -0.39 is 0 Å². The SMILES string of the molecule is Cc1ccc2c(C)c(C(=O)Nc3onc4c3CC(C)CC4)oc2c1C. The fraction of sp³-hybridized carbons (Fsp3) is 0.400. The molecule has 5 nitrogen and oxygen atoms in total. The maximum absolute atomic E-state index is 12.8. The number of nitrogens with one attached hydrogen (secondary N) is 1. The average Bonchev–Trinajstić information content (AvgIpc) is 3.13. The van der Waals surface area contributed by atoms with E-state index >= 15 is 0 Å². The molecule has 25 heavy (non-hydrogen) atoms. The molecule has 0 fully saturated rings. The Morgan fingerprint density at radius 3 is 2.84 bits per heavy atom. The highest BCUT2D eigenvalue weighted by Gasteiger charge is 2.26. The van der Waals surface area contributed by atoms with Crippen LogP contribution in [0.3, 0.4) is 0 Å². The molecule has 1 N–H and O–H groups in total. The van der Waals surface area contributed by atoms with Gasteiger partial charge >= 0.3 is 0 Å². The number of hydrogen-bond acceptors (Lipinski definition) is 4. The number of rotatable bonds is 2. The number of amides is 1. The van der Waals surface area contributed by atoms with Crippen molar-refractivity contribution in [2.75, 3.05) is 5.32 Å². The van der Waals surface area contributed by atoms with Crippen molar-refractivity contribution in [3.8, 4) is 0 Å². The molecule has 130 valence electrons. The van der Waals surface area contributed by atoms with Gasteiger partial charge in [-0.2, -0.15) is 0 Å². The van der Waals surface area contributed by atoms with Gasteiger partial charge in [0.05, 0.1) is 5.69 Å². The zero-order valence-corrected chi connectivity index (χ0v) is 15.0. The van der Waals surface area contributed by atoms with Gasteiger partial charge in [0.1, 0.15) is 5.58 Å². The summed E-state index contributed by atoms with van der Waals surface area (Å²) in [4.78, 5) is 12.8. The molecule has 4 rings (SSSR count). The van der Waals surface area contributed by atoms with Gasteiger partial charge in [0.15, 0.2) is 5.76 Å². The highest BCUT2D eigenvalue weighted by molar-refractivity contribution is 6.06. The Morgan fingerprint density at radius 2 is 2.04 bits per heavy atom. The van der Waals surface area contributed by atoms with Crippen LogP contribution in [-0.2, 0) is 12.8 Å². The molecule has 1 unspecified atom stereocenters. The third kappa shape index (κ3) is 2.54. The van der Waals surface area contributed by atoms with Gasteiger partial charge in [-0.15, -0.1) is 0 Å². The third-order valence-electron chi connectivity index (χ3n) is 5.35. The third-order valence-corrected chi connectivity index (χ3v) is 5.35. The number of carbonyl (C=O) groups excluding carboxylic acids is 1. The van der Waals surface area contributed by atoms with Crippen LogP contribution in [0, 0.1) is 26.7 Å². The summed E-state index contributed by atoms with van der Waals surface area (Å²) in [5.74, 6) is 1.07. The predicted molar refractivity (Wildman–Crippen MR) is 96.1 cm³/mol. The molecule has 3 aromatic rings. The summed E-state index contributed by atoms with van der Waals surface area (Å²) in [7, 11) is 0. The second-order valence-electron chi connectivity index (χ2n) is 7.18. The van der Waals surface area contributed by atoms with Crippen molar-refractivity contribution in [3.05, 3.63) is 45.8 Å². The molecule has 1 amide bonds. The Kier molecular flexibility index (Phi) is 3.67. The van der Waals surface area contributed by atoms with E-state index in [9.17, 15) is 4.79 Å². The van der Waals surface area contributed by atoms with Crippen molar-refractivity contribution in [2.45, 2.75) is 47.0 Å². The first-order valence-corrected chi connectivity index (χ1v) is 8.73. The largest absolute Gasteiger partial charge is 0.450 e. The summed E-state index contributed by atoms with van der Waals surface area (Å²) in [5.41, 5.74) is 5.80. The molecule has 2 aromatic heterocycles. The number of anilines is 1. The molecule has 0 radical (unpaired) electrons. The lowest BCUT2D eigenvalue weighted by atomic mass is 9.89. The normalized spacial score (nSPS) is 16.9. The van der Waals surface area contributed by atoms with Crippen LogP contribution in [0.5, 0.6) is 0 Å². The van der Waals surface area contributed by atoms with E-state index in [1.807, 2.05) is 26.8 Å². The molecular weight excluding hydrogens is 316 g/mol. The average molecular weight is 338 g/mol. The fourth-order valence-electron chi connectivity index (χ4n) is 3.58. The highest BCUT2D eigenvalue weighted by atomic mass is 16.5. The number of hydrogen-bond donors (Lipinski definition) is 1. The summed E-state index contributed by atoms with van der Waals surface area (Å²) in [5, 5.41) is 7.94. The standard InChI is InChI=1S/C20H22N2O3/c1-10-5-8-16-15(9-10)20(25-22-16)21-19(23)18-13(4)14-7-6-11(2)12(3)17(14)24-18/h6-7,10H,5,8-9H2,1-4H3,(H,21,23). The van der Waals surface area contributed by atoms with Crippen LogP contribution < -0.4 is 5.32 Å². The van der Waals surface area contributed by atoms with Crippen molar-refractivity contribution in [1.82, 2.24) is 5.16 Å². The van der Waals surface area contributed by atoms with Gasteiger partial charge in [-0.25, -0.2) is 0 Å². The van der Waals surface area contributed by atoms with Gasteiger partial charge in [0, 0.05) is 16.5 Å². The molecule has 0 saturated heterocycles. The zero-order valence-electron chi connectivity index (χ0n) is 15.0. The van der Waals surface area contributed by atoms with E-state index in [0.29, 0.717) is 17.6 Å². The number of benzene rings is 1. The van der Waals surface area contributed by atoms with E-state index in [2.05, 4.69) is 23.5 Å². The molecule has 1 aliphatic carbocycles. The molecule has 1 atom stereocenters. The number of nitrogens with zero attached hydrogens (tertiary/aromatic N) is 1. The van der Waals surface area contributed by atoms with Crippen LogP contribution in [0.4, 0.5) is 5.88 Å². The molecular formula is C20H22N2O3. The Labute approximate surface area is 146 Å². The van der Waals surface area contributed by atoms with Crippen LogP contribution in [-0.4, -0.2) is 11.1 Å². The summed E-state index contributed by atoms with van der Waals surface area (Å²) >= 11 is 0. The van der Waals surface area contributed by atoms with Crippen molar-refractivity contribution in [3.63, 3.8) is 0 Å². The Morgan fingerprint density at radius 1 is 1.24 bits per heavy atom. The van der Waals surface area contributed by atoms with Crippen molar-refractivity contribution < 1.29 is 13.7 Å². The lowest BCUT2D eigenvalue weighted by Crippen LogP contribution is -2.16. The minimum atomic E-state index is -0.289. The minimum Gasteiger partial charge on any atom is -0.450 e. The van der Waals surface area contributed by atoms with Gasteiger partial charge in [-0.05, 0) is 57.1 Å². The number of aromatic nitrogens is 1. The fourth-order valence-corrected chi connectivity index (χ4v) is 3.58. The van der Waals surface area contributed by atoms with E-state index in [0.717, 1.165) is 58.2 Å². The number of fused-ring (bicyclic) bond motifs is 2. The van der Waals surface area contributed by atoms with E-state index in [4.69, 9.17) is 8.94 Å². The summed E-state index contributed by atoms with van der Waals surface area (Å²) in [6, 6.07) is 4.06. The van der Waals surface area contributed by atoms with Crippen LogP contribution in [0.25, 0.3) is 11.0 Å². The Hall–Kier alpha value is -2.56. The zero-order chi connectivity index (χ0) is 17.7. The molecule has 1 aromatic carbocycles. The highest BCUT2D eigenvalue weighted by Crippen LogP contribution is 2.33. The van der Waals surface area contributed by atoms with Gasteiger partial charge in [0.2, 0.25) is 5.88 Å². The first kappa shape index (κ1) is 15.9. The smallest absolute Gasteiger partial charge is 0.294 e. The number of furan rings is 1. The Balaban J connectivity index is 1.69. The lowest BCUT2D eigenvalue weighted by Gasteiger charge is -2.16. The maximum Gasteiger partial charge on any atom is 0.294 e. The predicted octanol–water partition coefficient (Wildman–Crippen LogP) is 4.72. The summed E-state index contributed by atoms with van der Waals surface area (Å²) < 4.78 is 11.3. The molecule has 2 heterocycles. The van der Waals surface area contributed by atoms with Crippen LogP contribution >= 0.6 is 0 Å². The first-order chi connectivity index (χ1) is 12.0. The van der Waals surface area contributed by atoms with Gasteiger partial charge in [-0.3, -0.25) is 10.1 Å². The molecule has 0 saturated carbocycles. The molecule has 0 bridgehead atoms. The summed E-state index contributed by atoms with van der Waals surface area (Å²) in [6.07, 6.45) is 2.89. The van der Waals surface area contributed by atoms with E-state index in [1.165, 1.54) is 0 Å². The molecule has 0 spiro atoms. The Bertz CT molecular complexity index is 981. The second kappa shape index (κ2) is 5.76. The topological polar surface area (TPSA) is 68.3 Å². The van der Waals surface area contributed by atoms with Crippen LogP contribution in [0.2, 0.25) is 0 Å².